The first-order valence-electron chi connectivity index (χ1n) is 6.73. The molecule has 1 aromatic carbocycles. The van der Waals surface area contributed by atoms with Crippen molar-refractivity contribution in [3.63, 3.8) is 0 Å². The number of aromatic nitrogens is 2. The van der Waals surface area contributed by atoms with Crippen molar-refractivity contribution in [2.24, 2.45) is 0 Å². The number of hydrogen-bond donors (Lipinski definition) is 2. The lowest BCUT2D eigenvalue weighted by Crippen LogP contribution is -2.32. The first-order valence-corrected chi connectivity index (χ1v) is 7.90. The van der Waals surface area contributed by atoms with Gasteiger partial charge in [-0.25, -0.2) is 0 Å². The van der Waals surface area contributed by atoms with E-state index >= 15 is 0 Å². The Morgan fingerprint density at radius 2 is 2.04 bits per heavy atom. The van der Waals surface area contributed by atoms with Crippen LogP contribution < -0.4 is 10.6 Å². The second-order valence-electron chi connectivity index (χ2n) is 4.78. The normalized spacial score (nSPS) is 11.4. The summed E-state index contributed by atoms with van der Waals surface area (Å²) in [5, 5.41) is 24.1. The van der Waals surface area contributed by atoms with Crippen molar-refractivity contribution < 1.29 is 0 Å². The lowest BCUT2D eigenvalue weighted by Gasteiger charge is -2.17. The molecule has 0 amide bonds. The summed E-state index contributed by atoms with van der Waals surface area (Å²) in [5.74, 6) is 0.365. The summed E-state index contributed by atoms with van der Waals surface area (Å²) < 4.78 is 0. The van der Waals surface area contributed by atoms with Gasteiger partial charge in [-0.3, -0.25) is 0 Å². The van der Waals surface area contributed by atoms with Crippen LogP contribution in [0.3, 0.4) is 0 Å². The summed E-state index contributed by atoms with van der Waals surface area (Å²) in [6.45, 7) is 2.52. The summed E-state index contributed by atoms with van der Waals surface area (Å²) in [7, 11) is 0. The number of hydrogen-bond acceptors (Lipinski definition) is 4. The zero-order valence-electron chi connectivity index (χ0n) is 12.2. The molecule has 1 aromatic heterocycles. The van der Waals surface area contributed by atoms with Gasteiger partial charge in [0.2, 0.25) is 0 Å². The van der Waals surface area contributed by atoms with E-state index in [0.29, 0.717) is 33.1 Å². The Bertz CT molecular complexity index is 740. The van der Waals surface area contributed by atoms with Gasteiger partial charge in [-0.1, -0.05) is 36.2 Å². The minimum atomic E-state index is 0.0493. The van der Waals surface area contributed by atoms with Gasteiger partial charge in [0.05, 0.1) is 11.8 Å². The van der Waals surface area contributed by atoms with Crippen LogP contribution in [0.4, 0.5) is 5.82 Å². The molecular formula is C15H13Cl2N5S. The summed E-state index contributed by atoms with van der Waals surface area (Å²) in [4.78, 5) is 0. The average molecular weight is 366 g/mol. The van der Waals surface area contributed by atoms with E-state index in [-0.39, 0.29) is 5.92 Å². The van der Waals surface area contributed by atoms with Crippen LogP contribution in [0.25, 0.3) is 0 Å². The maximum Gasteiger partial charge on any atom is 0.172 e. The maximum atomic E-state index is 9.01. The van der Waals surface area contributed by atoms with Gasteiger partial charge in [0.1, 0.15) is 6.07 Å². The Balaban J connectivity index is 1.98. The van der Waals surface area contributed by atoms with E-state index in [4.69, 9.17) is 40.7 Å². The Kier molecular flexibility index (Phi) is 6.11. The molecule has 1 atom stereocenters. The van der Waals surface area contributed by atoms with Gasteiger partial charge < -0.3 is 10.6 Å². The molecule has 1 unspecified atom stereocenters. The van der Waals surface area contributed by atoms with Crippen molar-refractivity contribution in [2.75, 3.05) is 11.9 Å². The highest BCUT2D eigenvalue weighted by Gasteiger charge is 2.14. The molecule has 0 saturated heterocycles. The van der Waals surface area contributed by atoms with Crippen LogP contribution in [0.15, 0.2) is 30.5 Å². The molecule has 0 aliphatic heterocycles. The van der Waals surface area contributed by atoms with Gasteiger partial charge in [-0.2, -0.15) is 10.4 Å². The Morgan fingerprint density at radius 1 is 1.35 bits per heavy atom. The van der Waals surface area contributed by atoms with Crippen LogP contribution in [0.5, 0.6) is 0 Å². The molecule has 2 aromatic rings. The van der Waals surface area contributed by atoms with Gasteiger partial charge in [0.25, 0.3) is 0 Å². The summed E-state index contributed by atoms with van der Waals surface area (Å²) in [6.07, 6.45) is 1.45. The first kappa shape index (κ1) is 17.4. The van der Waals surface area contributed by atoms with Crippen LogP contribution >= 0.6 is 35.4 Å². The molecule has 1 heterocycles. The molecule has 2 N–H and O–H groups in total. The number of halogens is 2. The fraction of sp³-hybridized carbons (Fsp3) is 0.200. The molecule has 0 spiro atoms. The van der Waals surface area contributed by atoms with Crippen LogP contribution in [0.2, 0.25) is 10.0 Å². The molecule has 0 bridgehead atoms. The zero-order valence-corrected chi connectivity index (χ0v) is 14.5. The number of nitrogens with one attached hydrogen (secondary N) is 2. The van der Waals surface area contributed by atoms with E-state index in [1.807, 2.05) is 13.0 Å². The van der Waals surface area contributed by atoms with Crippen molar-refractivity contribution in [3.8, 4) is 6.07 Å². The third-order valence-corrected chi connectivity index (χ3v) is 4.04. The molecule has 5 nitrogen and oxygen atoms in total. The van der Waals surface area contributed by atoms with E-state index in [2.05, 4.69) is 20.8 Å². The van der Waals surface area contributed by atoms with Crippen LogP contribution in [-0.4, -0.2) is 21.9 Å². The van der Waals surface area contributed by atoms with Crippen LogP contribution in [-0.2, 0) is 0 Å². The Hall–Kier alpha value is -1.94. The average Bonchev–Trinajstić information content (AvgIpc) is 2.53. The highest BCUT2D eigenvalue weighted by molar-refractivity contribution is 7.80. The quantitative estimate of drug-likeness (QED) is 0.803. The number of benzene rings is 1. The predicted molar refractivity (Wildman–Crippen MR) is 95.8 cm³/mol. The van der Waals surface area contributed by atoms with Crippen molar-refractivity contribution in [2.45, 2.75) is 12.8 Å². The fourth-order valence-electron chi connectivity index (χ4n) is 2.00. The minimum Gasteiger partial charge on any atom is -0.362 e. The highest BCUT2D eigenvalue weighted by atomic mass is 35.5. The topological polar surface area (TPSA) is 73.6 Å². The van der Waals surface area contributed by atoms with E-state index in [9.17, 15) is 0 Å². The number of rotatable bonds is 4. The summed E-state index contributed by atoms with van der Waals surface area (Å²) in [6, 6.07) is 8.98. The van der Waals surface area contributed by atoms with Gasteiger partial charge >= 0.3 is 0 Å². The van der Waals surface area contributed by atoms with Gasteiger partial charge in [-0.05, 0) is 36.0 Å². The second-order valence-corrected chi connectivity index (χ2v) is 6.00. The number of nitriles is 1. The molecule has 118 valence electrons. The van der Waals surface area contributed by atoms with E-state index in [1.165, 1.54) is 6.20 Å². The molecule has 0 radical (unpaired) electrons. The van der Waals surface area contributed by atoms with Gasteiger partial charge in [0.15, 0.2) is 10.9 Å². The van der Waals surface area contributed by atoms with Crippen molar-refractivity contribution in [3.05, 3.63) is 51.6 Å². The Labute approximate surface area is 149 Å². The fourth-order valence-corrected chi connectivity index (χ4v) is 2.95. The molecule has 0 aliphatic rings. The molecule has 23 heavy (non-hydrogen) atoms. The van der Waals surface area contributed by atoms with Gasteiger partial charge in [0, 0.05) is 22.5 Å². The highest BCUT2D eigenvalue weighted by Crippen LogP contribution is 2.30. The third-order valence-electron chi connectivity index (χ3n) is 3.13. The SMILES string of the molecule is CC(CNC(=S)Nc1nnccc1C#N)c1c(Cl)cccc1Cl. The smallest absolute Gasteiger partial charge is 0.172 e. The standard InChI is InChI=1S/C15H13Cl2N5S/c1-9(13-11(16)3-2-4-12(13)17)8-19-15(23)21-14-10(7-18)5-6-20-22-14/h2-6,9H,8H2,1H3,(H2,19,21,22,23). The van der Waals surface area contributed by atoms with Crippen molar-refractivity contribution in [1.82, 2.24) is 15.5 Å². The zero-order chi connectivity index (χ0) is 16.8. The number of anilines is 1. The first-order chi connectivity index (χ1) is 11.0. The summed E-state index contributed by atoms with van der Waals surface area (Å²) in [5.41, 5.74) is 1.23. The second kappa shape index (κ2) is 8.06. The largest absolute Gasteiger partial charge is 0.362 e. The number of thiocarbonyl (C=S) groups is 1. The van der Waals surface area contributed by atoms with E-state index < -0.39 is 0 Å². The Morgan fingerprint density at radius 3 is 2.70 bits per heavy atom. The molecular weight excluding hydrogens is 353 g/mol. The molecule has 0 fully saturated rings. The monoisotopic (exact) mass is 365 g/mol. The van der Waals surface area contributed by atoms with E-state index in [0.717, 1.165) is 5.56 Å². The molecule has 8 heteroatoms. The lowest BCUT2D eigenvalue weighted by molar-refractivity contribution is 0.723. The molecule has 2 rings (SSSR count). The van der Waals surface area contributed by atoms with Gasteiger partial charge in [-0.15, -0.1) is 5.10 Å². The molecule has 0 aliphatic carbocycles. The van der Waals surface area contributed by atoms with Crippen LogP contribution in [0.1, 0.15) is 24.0 Å². The van der Waals surface area contributed by atoms with E-state index in [1.54, 1.807) is 24.3 Å². The summed E-state index contributed by atoms with van der Waals surface area (Å²) >= 11 is 17.6. The lowest BCUT2D eigenvalue weighted by atomic mass is 10.0. The maximum absolute atomic E-state index is 9.01. The van der Waals surface area contributed by atoms with Crippen molar-refractivity contribution >= 4 is 46.4 Å². The molecule has 0 saturated carbocycles. The predicted octanol–water partition coefficient (Wildman–Crippen LogP) is 3.75. The van der Waals surface area contributed by atoms with Crippen LogP contribution in [0, 0.1) is 11.3 Å². The number of nitrogens with zero attached hydrogens (tertiary/aromatic N) is 3. The minimum absolute atomic E-state index is 0.0493. The third kappa shape index (κ3) is 4.52. The van der Waals surface area contributed by atoms with Crippen molar-refractivity contribution in [1.29, 1.82) is 5.26 Å².